The van der Waals surface area contributed by atoms with Crippen LogP contribution in [0.5, 0.6) is 23.3 Å². The molecule has 2 aromatic carbocycles. The van der Waals surface area contributed by atoms with Crippen LogP contribution < -0.4 is 32.1 Å². The molecule has 5 N–H and O–H groups in total. The van der Waals surface area contributed by atoms with Crippen LogP contribution in [0.15, 0.2) is 118 Å². The van der Waals surface area contributed by atoms with E-state index in [4.69, 9.17) is 41.4 Å². The number of pyridine rings is 2. The number of nitrogens with zero attached hydrogens (tertiary/aromatic N) is 6. The number of hydrogen-bond donors (Lipinski definition) is 3. The number of carboxylic acids is 1. The van der Waals surface area contributed by atoms with Crippen LogP contribution in [0, 0.1) is 36.5 Å². The number of aliphatic carboxylic acids is 1. The van der Waals surface area contributed by atoms with E-state index in [2.05, 4.69) is 9.97 Å². The van der Waals surface area contributed by atoms with Crippen molar-refractivity contribution in [1.29, 1.82) is 10.5 Å². The Morgan fingerprint density at radius 1 is 0.679 bits per heavy atom. The van der Waals surface area contributed by atoms with Gasteiger partial charge in [0.1, 0.15) is 57.2 Å². The predicted molar refractivity (Wildman–Crippen MR) is 204 cm³/mol. The Balaban J connectivity index is 0.000000227. The summed E-state index contributed by atoms with van der Waals surface area (Å²) in [5.74, 6) is -1.78. The molecule has 56 heavy (non-hydrogen) atoms. The molecular weight excluding hydrogens is 720 g/mol. The minimum atomic E-state index is -0.938. The second kappa shape index (κ2) is 18.4. The third kappa shape index (κ3) is 10.4. The summed E-state index contributed by atoms with van der Waals surface area (Å²) < 4.78 is 14.1. The van der Waals surface area contributed by atoms with Gasteiger partial charge < -0.3 is 26.0 Å². The summed E-state index contributed by atoms with van der Waals surface area (Å²) in [5, 5.41) is 25.6. The number of carboxylic acid groups (broad SMARTS) is 1. The Hall–Kier alpha value is -8.37. The third-order valence-corrected chi connectivity index (χ3v) is 7.23. The molecule has 0 spiro atoms. The topological polar surface area (TPSA) is 258 Å². The zero-order valence-electron chi connectivity index (χ0n) is 30.0. The smallest absolute Gasteiger partial charge is 0.300 e. The molecule has 0 aliphatic heterocycles. The molecule has 0 aliphatic carbocycles. The lowest BCUT2D eigenvalue weighted by Gasteiger charge is -2.10. The summed E-state index contributed by atoms with van der Waals surface area (Å²) in [7, 11) is 0. The van der Waals surface area contributed by atoms with Crippen LogP contribution in [0.2, 0.25) is 0 Å². The summed E-state index contributed by atoms with van der Waals surface area (Å²) >= 11 is 0. The van der Waals surface area contributed by atoms with Gasteiger partial charge in [0, 0.05) is 19.3 Å². The highest BCUT2D eigenvalue weighted by molar-refractivity contribution is 6.01. The van der Waals surface area contributed by atoms with Gasteiger partial charge in [0.15, 0.2) is 0 Å². The molecule has 16 nitrogen and oxygen atoms in total. The van der Waals surface area contributed by atoms with Crippen molar-refractivity contribution >= 4 is 41.2 Å². The van der Waals surface area contributed by atoms with Crippen molar-refractivity contribution in [3.05, 3.63) is 151 Å². The largest absolute Gasteiger partial charge is 0.481 e. The number of aryl methyl sites for hydroxylation is 2. The summed E-state index contributed by atoms with van der Waals surface area (Å²) in [6.07, 6.45) is 5.27. The second-order valence-corrected chi connectivity index (χ2v) is 11.6. The molecule has 6 rings (SSSR count). The van der Waals surface area contributed by atoms with Gasteiger partial charge in [0.25, 0.3) is 28.9 Å². The number of fused-ring (bicyclic) bond motifs is 2. The van der Waals surface area contributed by atoms with Crippen molar-refractivity contribution in [3.8, 4) is 35.4 Å². The van der Waals surface area contributed by atoms with Crippen LogP contribution in [-0.4, -0.2) is 41.7 Å². The molecule has 0 unspecified atom stereocenters. The minimum absolute atomic E-state index is 0.0131. The molecule has 0 saturated carbocycles. The zero-order valence-corrected chi connectivity index (χ0v) is 30.0. The van der Waals surface area contributed by atoms with Crippen LogP contribution in [0.3, 0.4) is 0 Å². The van der Waals surface area contributed by atoms with Gasteiger partial charge in [-0.1, -0.05) is 36.4 Å². The Morgan fingerprint density at radius 3 is 1.38 bits per heavy atom. The quantitative estimate of drug-likeness (QED) is 0.144. The Bertz CT molecular complexity index is 2570. The number of ether oxygens (including phenoxy) is 2. The van der Waals surface area contributed by atoms with E-state index in [0.717, 1.165) is 30.2 Å². The number of primary amides is 2. The van der Waals surface area contributed by atoms with Gasteiger partial charge in [-0.15, -0.1) is 0 Å². The van der Waals surface area contributed by atoms with Gasteiger partial charge in [-0.25, -0.2) is 0 Å². The van der Waals surface area contributed by atoms with Crippen molar-refractivity contribution in [2.24, 2.45) is 11.5 Å². The van der Waals surface area contributed by atoms with Crippen molar-refractivity contribution in [2.45, 2.75) is 20.8 Å². The van der Waals surface area contributed by atoms with Crippen LogP contribution in [0.1, 0.15) is 29.2 Å². The molecule has 0 atom stereocenters. The van der Waals surface area contributed by atoms with Crippen molar-refractivity contribution in [2.75, 3.05) is 0 Å². The van der Waals surface area contributed by atoms with Crippen LogP contribution in [-0.2, 0) is 14.4 Å². The molecule has 280 valence electrons. The average Bonchev–Trinajstić information content (AvgIpc) is 3.14. The molecule has 0 bridgehead atoms. The molecule has 0 saturated heterocycles. The van der Waals surface area contributed by atoms with Crippen molar-refractivity contribution in [3.63, 3.8) is 0 Å². The number of aromatic nitrogens is 4. The van der Waals surface area contributed by atoms with E-state index in [9.17, 15) is 19.2 Å². The fourth-order valence-electron chi connectivity index (χ4n) is 4.75. The van der Waals surface area contributed by atoms with E-state index < -0.39 is 28.9 Å². The standard InChI is InChI=1S/2C19H14N4O3.C2H4O2/c2*1-12-5-4-6-14(9-12)26-18-15(10-13(11-20)17(21)24)19(25)23-8-3-2-7-16(23)22-18;1-2(3)4/h2*2-10H,1H3,(H2,21,24);1H3,(H,3,4)/b2*13-10+;. The number of carbonyl (C=O) groups is 3. The highest BCUT2D eigenvalue weighted by Gasteiger charge is 2.17. The maximum absolute atomic E-state index is 12.8. The van der Waals surface area contributed by atoms with E-state index >= 15 is 0 Å². The van der Waals surface area contributed by atoms with Crippen LogP contribution >= 0.6 is 0 Å². The SMILES string of the molecule is CC(=O)O.Cc1cccc(Oc2nc3ccccn3c(=O)c2/C=C(\C#N)C(N)=O)c1.Cc1cccc(Oc2nc3ccccn3c(=O)c2/C=C(\C#N)C(N)=O)c1. The lowest BCUT2D eigenvalue weighted by Crippen LogP contribution is -2.20. The summed E-state index contributed by atoms with van der Waals surface area (Å²) in [4.78, 5) is 66.1. The van der Waals surface area contributed by atoms with E-state index in [1.807, 2.05) is 26.0 Å². The Kier molecular flexibility index (Phi) is 13.3. The van der Waals surface area contributed by atoms with E-state index in [1.165, 1.54) is 21.2 Å². The molecule has 0 radical (unpaired) electrons. The minimum Gasteiger partial charge on any atom is -0.481 e. The van der Waals surface area contributed by atoms with Gasteiger partial charge in [0.2, 0.25) is 11.8 Å². The van der Waals surface area contributed by atoms with Crippen molar-refractivity contribution < 1.29 is 29.0 Å². The number of nitriles is 2. The normalized spacial score (nSPS) is 10.8. The van der Waals surface area contributed by atoms with Gasteiger partial charge in [-0.3, -0.25) is 32.8 Å². The van der Waals surface area contributed by atoms with E-state index in [1.54, 1.807) is 84.9 Å². The van der Waals surface area contributed by atoms with Gasteiger partial charge in [-0.05, 0) is 85.7 Å². The van der Waals surface area contributed by atoms with Gasteiger partial charge in [-0.2, -0.15) is 20.5 Å². The summed E-state index contributed by atoms with van der Waals surface area (Å²) in [6, 6.07) is 27.9. The van der Waals surface area contributed by atoms with Gasteiger partial charge in [0.05, 0.1) is 0 Å². The molecular formula is C40H32N8O8. The number of hydrogen-bond acceptors (Lipinski definition) is 11. The number of benzene rings is 2. The van der Waals surface area contributed by atoms with Crippen LogP contribution in [0.25, 0.3) is 23.4 Å². The first-order valence-electron chi connectivity index (χ1n) is 16.3. The fraction of sp³-hybridized carbons (Fsp3) is 0.0750. The Morgan fingerprint density at radius 2 is 1.05 bits per heavy atom. The maximum Gasteiger partial charge on any atom is 0.300 e. The molecule has 0 aliphatic rings. The molecule has 16 heteroatoms. The van der Waals surface area contributed by atoms with E-state index in [0.29, 0.717) is 22.8 Å². The second-order valence-electron chi connectivity index (χ2n) is 11.6. The lowest BCUT2D eigenvalue weighted by atomic mass is 10.2. The first-order chi connectivity index (χ1) is 26.7. The molecule has 4 aromatic heterocycles. The molecule has 0 fully saturated rings. The summed E-state index contributed by atoms with van der Waals surface area (Å²) in [6.45, 7) is 4.88. The molecule has 4 heterocycles. The van der Waals surface area contributed by atoms with E-state index in [-0.39, 0.29) is 34.0 Å². The summed E-state index contributed by atoms with van der Waals surface area (Å²) in [5.41, 5.74) is 11.3. The van der Waals surface area contributed by atoms with Crippen molar-refractivity contribution in [1.82, 2.24) is 18.8 Å². The number of rotatable bonds is 8. The van der Waals surface area contributed by atoms with Gasteiger partial charge >= 0.3 is 0 Å². The number of carbonyl (C=O) groups excluding carboxylic acids is 2. The Labute approximate surface area is 318 Å². The zero-order chi connectivity index (χ0) is 40.9. The number of nitrogens with two attached hydrogens (primary N) is 2. The fourth-order valence-corrected chi connectivity index (χ4v) is 4.75. The average molecular weight is 753 g/mol. The van der Waals surface area contributed by atoms with Crippen LogP contribution in [0.4, 0.5) is 0 Å². The first kappa shape index (κ1) is 40.4. The lowest BCUT2D eigenvalue weighted by molar-refractivity contribution is -0.134. The first-order valence-corrected chi connectivity index (χ1v) is 16.3. The monoisotopic (exact) mass is 752 g/mol. The highest BCUT2D eigenvalue weighted by Crippen LogP contribution is 2.26. The third-order valence-electron chi connectivity index (χ3n) is 7.23. The number of amides is 2. The molecule has 6 aromatic rings. The predicted octanol–water partition coefficient (Wildman–Crippen LogP) is 4.47. The highest BCUT2D eigenvalue weighted by atomic mass is 16.5. The molecule has 2 amide bonds. The maximum atomic E-state index is 12.8.